The van der Waals surface area contributed by atoms with Crippen LogP contribution in [0.2, 0.25) is 0 Å². The molecule has 4 heteroatoms. The summed E-state index contributed by atoms with van der Waals surface area (Å²) in [5.41, 5.74) is 0.795. The molecule has 16 heavy (non-hydrogen) atoms. The molecule has 1 aliphatic rings. The zero-order chi connectivity index (χ0) is 11.7. The summed E-state index contributed by atoms with van der Waals surface area (Å²) in [5.74, 6) is 0.150. The Morgan fingerprint density at radius 3 is 2.69 bits per heavy atom. The molecule has 0 saturated carbocycles. The molecule has 0 bridgehead atoms. The second-order valence-corrected chi connectivity index (χ2v) is 5.58. The predicted octanol–water partition coefficient (Wildman–Crippen LogP) is 1.68. The minimum atomic E-state index is 0.150. The van der Waals surface area contributed by atoms with Gasteiger partial charge in [0.25, 0.3) is 5.91 Å². The monoisotopic (exact) mass is 330 g/mol. The first kappa shape index (κ1) is 11.9. The number of carbonyl (C=O) groups is 1. The van der Waals surface area contributed by atoms with Crippen molar-refractivity contribution in [2.45, 2.75) is 6.04 Å². The lowest BCUT2D eigenvalue weighted by Gasteiger charge is -2.42. The summed E-state index contributed by atoms with van der Waals surface area (Å²) in [4.78, 5) is 16.1. The highest BCUT2D eigenvalue weighted by molar-refractivity contribution is 14.1. The van der Waals surface area contributed by atoms with E-state index < -0.39 is 0 Å². The van der Waals surface area contributed by atoms with Crippen LogP contribution in [0.1, 0.15) is 10.4 Å². The molecular formula is C12H15IN2O. The summed E-state index contributed by atoms with van der Waals surface area (Å²) in [6.07, 6.45) is 0. The van der Waals surface area contributed by atoms with E-state index in [-0.39, 0.29) is 5.91 Å². The van der Waals surface area contributed by atoms with Gasteiger partial charge in [0.05, 0.1) is 0 Å². The largest absolute Gasteiger partial charge is 0.335 e. The lowest BCUT2D eigenvalue weighted by Crippen LogP contribution is -2.59. The molecule has 0 atom stereocenters. The van der Waals surface area contributed by atoms with Crippen LogP contribution < -0.4 is 0 Å². The number of hydrogen-bond acceptors (Lipinski definition) is 2. The Hall–Kier alpha value is -0.620. The zero-order valence-electron chi connectivity index (χ0n) is 9.48. The van der Waals surface area contributed by atoms with Crippen LogP contribution >= 0.6 is 22.6 Å². The Kier molecular flexibility index (Phi) is 3.49. The topological polar surface area (TPSA) is 23.6 Å². The Bertz CT molecular complexity index is 400. The third-order valence-corrected chi connectivity index (χ3v) is 3.62. The normalized spacial score (nSPS) is 16.4. The first-order valence-electron chi connectivity index (χ1n) is 5.29. The molecule has 0 aliphatic carbocycles. The van der Waals surface area contributed by atoms with Crippen LogP contribution in [-0.4, -0.2) is 48.9 Å². The van der Waals surface area contributed by atoms with E-state index in [1.54, 1.807) is 0 Å². The summed E-state index contributed by atoms with van der Waals surface area (Å²) in [5, 5.41) is 0. The molecule has 1 saturated heterocycles. The van der Waals surface area contributed by atoms with Crippen LogP contribution in [0.25, 0.3) is 0 Å². The van der Waals surface area contributed by atoms with Crippen LogP contribution in [0, 0.1) is 3.57 Å². The fourth-order valence-corrected chi connectivity index (χ4v) is 2.29. The fourth-order valence-electron chi connectivity index (χ4n) is 1.75. The lowest BCUT2D eigenvalue weighted by atomic mass is 10.1. The maximum absolute atomic E-state index is 12.1. The molecule has 0 unspecified atom stereocenters. The van der Waals surface area contributed by atoms with Crippen molar-refractivity contribution in [1.82, 2.24) is 9.80 Å². The highest BCUT2D eigenvalue weighted by Crippen LogP contribution is 2.17. The Morgan fingerprint density at radius 1 is 1.44 bits per heavy atom. The van der Waals surface area contributed by atoms with Crippen LogP contribution in [-0.2, 0) is 0 Å². The van der Waals surface area contributed by atoms with Gasteiger partial charge in [-0.2, -0.15) is 0 Å². The number of likely N-dealkylation sites (N-methyl/N-ethyl adjacent to an activating group) is 1. The van der Waals surface area contributed by atoms with Crippen molar-refractivity contribution in [2.75, 3.05) is 27.2 Å². The number of hydrogen-bond donors (Lipinski definition) is 0. The van der Waals surface area contributed by atoms with Crippen LogP contribution in [0.3, 0.4) is 0 Å². The van der Waals surface area contributed by atoms with Gasteiger partial charge in [-0.15, -0.1) is 0 Å². The van der Waals surface area contributed by atoms with Gasteiger partial charge in [0.15, 0.2) is 0 Å². The number of amides is 1. The van der Waals surface area contributed by atoms with Gasteiger partial charge >= 0.3 is 0 Å². The van der Waals surface area contributed by atoms with E-state index in [4.69, 9.17) is 0 Å². The molecule has 1 fully saturated rings. The highest BCUT2D eigenvalue weighted by Gasteiger charge is 2.32. The Labute approximate surface area is 110 Å². The first-order chi connectivity index (χ1) is 7.58. The highest BCUT2D eigenvalue weighted by atomic mass is 127. The summed E-state index contributed by atoms with van der Waals surface area (Å²) in [6, 6.07) is 8.26. The number of halogens is 1. The van der Waals surface area contributed by atoms with Gasteiger partial charge in [-0.1, -0.05) is 6.07 Å². The molecule has 1 aromatic rings. The minimum Gasteiger partial charge on any atom is -0.335 e. The average molecular weight is 330 g/mol. The standard InChI is InChI=1S/C12H15IN2O/c1-14(2)11-7-15(8-11)12(16)9-4-3-5-10(13)6-9/h3-6,11H,7-8H2,1-2H3. The molecule has 0 radical (unpaired) electrons. The SMILES string of the molecule is CN(C)C1CN(C(=O)c2cccc(I)c2)C1. The van der Waals surface area contributed by atoms with Crippen LogP contribution in [0.15, 0.2) is 24.3 Å². The molecule has 86 valence electrons. The molecule has 1 aromatic carbocycles. The molecule has 1 amide bonds. The van der Waals surface area contributed by atoms with Gasteiger partial charge in [0.2, 0.25) is 0 Å². The van der Waals surface area contributed by atoms with Crippen molar-refractivity contribution >= 4 is 28.5 Å². The molecule has 0 N–H and O–H groups in total. The van der Waals surface area contributed by atoms with Crippen molar-refractivity contribution in [2.24, 2.45) is 0 Å². The molecule has 0 spiro atoms. The van der Waals surface area contributed by atoms with Gasteiger partial charge in [-0.05, 0) is 54.9 Å². The maximum atomic E-state index is 12.1. The van der Waals surface area contributed by atoms with Crippen LogP contribution in [0.4, 0.5) is 0 Å². The number of rotatable bonds is 2. The van der Waals surface area contributed by atoms with E-state index in [9.17, 15) is 4.79 Å². The summed E-state index contributed by atoms with van der Waals surface area (Å²) < 4.78 is 1.10. The molecule has 2 rings (SSSR count). The average Bonchev–Trinajstić information content (AvgIpc) is 2.14. The predicted molar refractivity (Wildman–Crippen MR) is 72.5 cm³/mol. The minimum absolute atomic E-state index is 0.150. The quantitative estimate of drug-likeness (QED) is 0.771. The number of carbonyl (C=O) groups excluding carboxylic acids is 1. The van der Waals surface area contributed by atoms with E-state index in [1.165, 1.54) is 0 Å². The lowest BCUT2D eigenvalue weighted by molar-refractivity contribution is 0.0399. The fraction of sp³-hybridized carbons (Fsp3) is 0.417. The molecule has 1 heterocycles. The van der Waals surface area contributed by atoms with Gasteiger partial charge < -0.3 is 9.80 Å². The van der Waals surface area contributed by atoms with E-state index in [1.807, 2.05) is 29.2 Å². The second kappa shape index (κ2) is 4.71. The van der Waals surface area contributed by atoms with Gasteiger partial charge in [0, 0.05) is 28.3 Å². The molecule has 0 aromatic heterocycles. The zero-order valence-corrected chi connectivity index (χ0v) is 11.6. The number of likely N-dealkylation sites (tertiary alicyclic amines) is 1. The van der Waals surface area contributed by atoms with Crippen molar-refractivity contribution in [1.29, 1.82) is 0 Å². The summed E-state index contributed by atoms with van der Waals surface area (Å²) >= 11 is 2.23. The molecule has 3 nitrogen and oxygen atoms in total. The third-order valence-electron chi connectivity index (χ3n) is 2.95. The Balaban J connectivity index is 2.00. The van der Waals surface area contributed by atoms with E-state index in [0.29, 0.717) is 6.04 Å². The van der Waals surface area contributed by atoms with E-state index in [2.05, 4.69) is 41.6 Å². The third kappa shape index (κ3) is 2.38. The smallest absolute Gasteiger partial charge is 0.253 e. The van der Waals surface area contributed by atoms with Crippen molar-refractivity contribution in [3.05, 3.63) is 33.4 Å². The van der Waals surface area contributed by atoms with Gasteiger partial charge in [-0.3, -0.25) is 4.79 Å². The summed E-state index contributed by atoms with van der Waals surface area (Å²) in [7, 11) is 4.11. The van der Waals surface area contributed by atoms with Crippen molar-refractivity contribution < 1.29 is 4.79 Å². The van der Waals surface area contributed by atoms with E-state index >= 15 is 0 Å². The van der Waals surface area contributed by atoms with Gasteiger partial charge in [-0.25, -0.2) is 0 Å². The van der Waals surface area contributed by atoms with Crippen molar-refractivity contribution in [3.8, 4) is 0 Å². The van der Waals surface area contributed by atoms with Gasteiger partial charge in [0.1, 0.15) is 0 Å². The Morgan fingerprint density at radius 2 is 2.12 bits per heavy atom. The second-order valence-electron chi connectivity index (χ2n) is 4.34. The summed E-state index contributed by atoms with van der Waals surface area (Å²) in [6.45, 7) is 1.69. The molecule has 1 aliphatic heterocycles. The number of benzene rings is 1. The van der Waals surface area contributed by atoms with Crippen LogP contribution in [0.5, 0.6) is 0 Å². The maximum Gasteiger partial charge on any atom is 0.253 e. The number of nitrogens with zero attached hydrogens (tertiary/aromatic N) is 2. The molecular weight excluding hydrogens is 315 g/mol. The van der Waals surface area contributed by atoms with E-state index in [0.717, 1.165) is 22.2 Å². The van der Waals surface area contributed by atoms with Crippen molar-refractivity contribution in [3.63, 3.8) is 0 Å². The first-order valence-corrected chi connectivity index (χ1v) is 6.37.